The first-order valence-electron chi connectivity index (χ1n) is 3.31. The highest BCUT2D eigenvalue weighted by atomic mass is 16.5. The Kier molecular flexibility index (Phi) is 2.11. The smallest absolute Gasteiger partial charge is 0.105 e. The lowest BCUT2D eigenvalue weighted by atomic mass is 10.2. The fraction of sp³-hybridized carbons (Fsp3) is 0.714. The van der Waals surface area contributed by atoms with Crippen LogP contribution in [-0.4, -0.2) is 19.7 Å². The van der Waals surface area contributed by atoms with E-state index in [-0.39, 0.29) is 0 Å². The molecule has 1 N–H and O–H groups in total. The Hall–Kier alpha value is -0.500. The first kappa shape index (κ1) is 6.62. The molecule has 0 amide bonds. The molecule has 1 heterocycles. The summed E-state index contributed by atoms with van der Waals surface area (Å²) < 4.78 is 4.98. The Morgan fingerprint density at radius 1 is 1.78 bits per heavy atom. The molecule has 0 aromatic carbocycles. The minimum absolute atomic E-state index is 0.412. The lowest BCUT2D eigenvalue weighted by molar-refractivity contribution is 0.260. The Balaban J connectivity index is 2.32. The van der Waals surface area contributed by atoms with E-state index in [9.17, 15) is 0 Å². The van der Waals surface area contributed by atoms with E-state index < -0.39 is 0 Å². The first-order chi connectivity index (χ1) is 4.34. The Labute approximate surface area is 55.9 Å². The summed E-state index contributed by atoms with van der Waals surface area (Å²) in [6, 6.07) is 0.412. The summed E-state index contributed by atoms with van der Waals surface area (Å²) in [5.74, 6) is 0.868. The fourth-order valence-corrected chi connectivity index (χ4v) is 1.10. The van der Waals surface area contributed by atoms with E-state index in [2.05, 4.69) is 11.9 Å². The van der Waals surface area contributed by atoms with E-state index in [4.69, 9.17) is 4.74 Å². The van der Waals surface area contributed by atoms with Gasteiger partial charge in [-0.1, -0.05) is 6.58 Å². The van der Waals surface area contributed by atoms with Gasteiger partial charge in [-0.2, -0.15) is 0 Å². The standard InChI is InChI=1S/C7H13NO/c1-6(9-2)7-4-3-5-8-7/h7-8H,1,3-5H2,2H3/t7-/m0/s1. The molecule has 0 unspecified atom stereocenters. The van der Waals surface area contributed by atoms with Crippen LogP contribution >= 0.6 is 0 Å². The Bertz CT molecular complexity index is 105. The van der Waals surface area contributed by atoms with Gasteiger partial charge in [-0.25, -0.2) is 0 Å². The third-order valence-electron chi connectivity index (χ3n) is 1.71. The molecule has 1 aliphatic heterocycles. The number of hydrogen-bond acceptors (Lipinski definition) is 2. The monoisotopic (exact) mass is 127 g/mol. The van der Waals surface area contributed by atoms with Gasteiger partial charge in [0.2, 0.25) is 0 Å². The maximum atomic E-state index is 4.98. The minimum atomic E-state index is 0.412. The van der Waals surface area contributed by atoms with Gasteiger partial charge in [-0.3, -0.25) is 0 Å². The zero-order chi connectivity index (χ0) is 6.69. The van der Waals surface area contributed by atoms with Gasteiger partial charge in [0.25, 0.3) is 0 Å². The molecule has 0 aliphatic carbocycles. The van der Waals surface area contributed by atoms with Crippen LogP contribution in [0.25, 0.3) is 0 Å². The summed E-state index contributed by atoms with van der Waals surface area (Å²) in [6.07, 6.45) is 2.42. The van der Waals surface area contributed by atoms with Crippen LogP contribution in [0, 0.1) is 0 Å². The van der Waals surface area contributed by atoms with Crippen molar-refractivity contribution in [1.82, 2.24) is 5.32 Å². The molecular formula is C7H13NO. The van der Waals surface area contributed by atoms with Crippen molar-refractivity contribution < 1.29 is 4.74 Å². The van der Waals surface area contributed by atoms with Gasteiger partial charge in [0, 0.05) is 0 Å². The molecule has 0 bridgehead atoms. The van der Waals surface area contributed by atoms with E-state index in [0.29, 0.717) is 6.04 Å². The molecule has 52 valence electrons. The molecule has 0 saturated carbocycles. The van der Waals surface area contributed by atoms with Gasteiger partial charge in [0.05, 0.1) is 13.2 Å². The van der Waals surface area contributed by atoms with E-state index in [0.717, 1.165) is 12.3 Å². The van der Waals surface area contributed by atoms with Gasteiger partial charge >= 0.3 is 0 Å². The highest BCUT2D eigenvalue weighted by Crippen LogP contribution is 2.12. The summed E-state index contributed by atoms with van der Waals surface area (Å²) in [5.41, 5.74) is 0. The third kappa shape index (κ3) is 1.45. The zero-order valence-electron chi connectivity index (χ0n) is 5.81. The van der Waals surface area contributed by atoms with Crippen LogP contribution in [0.5, 0.6) is 0 Å². The molecule has 0 aromatic heterocycles. The largest absolute Gasteiger partial charge is 0.500 e. The molecule has 2 nitrogen and oxygen atoms in total. The van der Waals surface area contributed by atoms with Gasteiger partial charge in [0.1, 0.15) is 5.76 Å². The summed E-state index contributed by atoms with van der Waals surface area (Å²) in [4.78, 5) is 0. The van der Waals surface area contributed by atoms with Crippen LogP contribution in [0.2, 0.25) is 0 Å². The predicted octanol–water partition coefficient (Wildman–Crippen LogP) is 0.898. The van der Waals surface area contributed by atoms with Crippen LogP contribution in [-0.2, 0) is 4.74 Å². The van der Waals surface area contributed by atoms with E-state index in [1.807, 2.05) is 0 Å². The number of ether oxygens (including phenoxy) is 1. The first-order valence-corrected chi connectivity index (χ1v) is 3.31. The zero-order valence-corrected chi connectivity index (χ0v) is 5.81. The van der Waals surface area contributed by atoms with Crippen LogP contribution in [0.15, 0.2) is 12.3 Å². The van der Waals surface area contributed by atoms with Crippen LogP contribution in [0.4, 0.5) is 0 Å². The van der Waals surface area contributed by atoms with Gasteiger partial charge in [-0.05, 0) is 19.4 Å². The maximum absolute atomic E-state index is 4.98. The molecule has 1 atom stereocenters. The van der Waals surface area contributed by atoms with Crippen molar-refractivity contribution in [3.63, 3.8) is 0 Å². The SMILES string of the molecule is C=C(OC)[C@@H]1CCCN1. The predicted molar refractivity (Wildman–Crippen MR) is 37.2 cm³/mol. The number of hydrogen-bond donors (Lipinski definition) is 1. The van der Waals surface area contributed by atoms with E-state index in [1.54, 1.807) is 7.11 Å². The Morgan fingerprint density at radius 2 is 2.56 bits per heavy atom. The van der Waals surface area contributed by atoms with Crippen LogP contribution in [0.3, 0.4) is 0 Å². The molecule has 1 aliphatic rings. The normalized spacial score (nSPS) is 26.1. The van der Waals surface area contributed by atoms with E-state index >= 15 is 0 Å². The summed E-state index contributed by atoms with van der Waals surface area (Å²) >= 11 is 0. The average Bonchev–Trinajstić information content (AvgIpc) is 2.37. The van der Waals surface area contributed by atoms with Crippen LogP contribution < -0.4 is 5.32 Å². The lowest BCUT2D eigenvalue weighted by Crippen LogP contribution is -2.23. The quantitative estimate of drug-likeness (QED) is 0.556. The van der Waals surface area contributed by atoms with Crippen molar-refractivity contribution in [3.05, 3.63) is 12.3 Å². The third-order valence-corrected chi connectivity index (χ3v) is 1.71. The molecule has 0 aromatic rings. The molecule has 9 heavy (non-hydrogen) atoms. The summed E-state index contributed by atoms with van der Waals surface area (Å²) in [7, 11) is 1.67. The van der Waals surface area contributed by atoms with Crippen molar-refractivity contribution in [2.24, 2.45) is 0 Å². The molecule has 2 heteroatoms. The van der Waals surface area contributed by atoms with Crippen molar-refractivity contribution in [2.75, 3.05) is 13.7 Å². The van der Waals surface area contributed by atoms with Crippen molar-refractivity contribution >= 4 is 0 Å². The molecule has 1 rings (SSSR count). The number of nitrogens with one attached hydrogen (secondary N) is 1. The molecule has 0 spiro atoms. The second-order valence-corrected chi connectivity index (χ2v) is 2.32. The number of methoxy groups -OCH3 is 1. The van der Waals surface area contributed by atoms with Crippen molar-refractivity contribution in [1.29, 1.82) is 0 Å². The molecule has 1 fully saturated rings. The van der Waals surface area contributed by atoms with Crippen molar-refractivity contribution in [3.8, 4) is 0 Å². The number of rotatable bonds is 2. The Morgan fingerprint density at radius 3 is 3.00 bits per heavy atom. The second kappa shape index (κ2) is 2.87. The van der Waals surface area contributed by atoms with Gasteiger partial charge in [-0.15, -0.1) is 0 Å². The summed E-state index contributed by atoms with van der Waals surface area (Å²) in [5, 5.41) is 3.28. The molecule has 1 saturated heterocycles. The van der Waals surface area contributed by atoms with Crippen molar-refractivity contribution in [2.45, 2.75) is 18.9 Å². The van der Waals surface area contributed by atoms with Gasteiger partial charge < -0.3 is 10.1 Å². The maximum Gasteiger partial charge on any atom is 0.105 e. The topological polar surface area (TPSA) is 21.3 Å². The molecular weight excluding hydrogens is 114 g/mol. The molecule has 0 radical (unpaired) electrons. The second-order valence-electron chi connectivity index (χ2n) is 2.32. The lowest BCUT2D eigenvalue weighted by Gasteiger charge is -2.10. The highest BCUT2D eigenvalue weighted by molar-refractivity contribution is 4.99. The average molecular weight is 127 g/mol. The summed E-state index contributed by atoms with van der Waals surface area (Å²) in [6.45, 7) is 4.87. The van der Waals surface area contributed by atoms with Crippen LogP contribution in [0.1, 0.15) is 12.8 Å². The van der Waals surface area contributed by atoms with Gasteiger partial charge in [0.15, 0.2) is 0 Å². The van der Waals surface area contributed by atoms with E-state index in [1.165, 1.54) is 12.8 Å². The fourth-order valence-electron chi connectivity index (χ4n) is 1.10. The highest BCUT2D eigenvalue weighted by Gasteiger charge is 2.16. The minimum Gasteiger partial charge on any atom is -0.500 e.